The molecule has 4 heteroatoms. The first-order valence-electron chi connectivity index (χ1n) is 7.83. The summed E-state index contributed by atoms with van der Waals surface area (Å²) in [4.78, 5) is 2.87. The van der Waals surface area contributed by atoms with Gasteiger partial charge < -0.3 is 4.90 Å². The van der Waals surface area contributed by atoms with Crippen molar-refractivity contribution >= 4 is 9.84 Å². The minimum atomic E-state index is -3.19. The average Bonchev–Trinajstić information content (AvgIpc) is 2.83. The maximum atomic E-state index is 12.6. The molecule has 1 saturated heterocycles. The van der Waals surface area contributed by atoms with Crippen LogP contribution in [0.15, 0.2) is 35.2 Å². The Kier molecular flexibility index (Phi) is 5.10. The molecule has 0 saturated carbocycles. The third-order valence-electron chi connectivity index (χ3n) is 4.64. The second-order valence-electron chi connectivity index (χ2n) is 6.81. The van der Waals surface area contributed by atoms with E-state index in [1.807, 2.05) is 6.07 Å². The summed E-state index contributed by atoms with van der Waals surface area (Å²) in [6.45, 7) is 10.7. The van der Waals surface area contributed by atoms with Crippen molar-refractivity contribution in [1.82, 2.24) is 4.90 Å². The van der Waals surface area contributed by atoms with Crippen LogP contribution in [0.2, 0.25) is 0 Å². The van der Waals surface area contributed by atoms with Gasteiger partial charge in [-0.05, 0) is 43.7 Å². The second kappa shape index (κ2) is 6.49. The lowest BCUT2D eigenvalue weighted by molar-refractivity contribution is 0.253. The van der Waals surface area contributed by atoms with E-state index >= 15 is 0 Å². The minimum absolute atomic E-state index is 0.234. The molecule has 1 aliphatic heterocycles. The molecule has 2 unspecified atom stereocenters. The van der Waals surface area contributed by atoms with Gasteiger partial charge in [0.15, 0.2) is 9.84 Å². The van der Waals surface area contributed by atoms with Gasteiger partial charge in [0.2, 0.25) is 0 Å². The van der Waals surface area contributed by atoms with E-state index in [1.165, 1.54) is 0 Å². The first-order chi connectivity index (χ1) is 9.81. The first kappa shape index (κ1) is 16.5. The van der Waals surface area contributed by atoms with E-state index in [9.17, 15) is 8.42 Å². The summed E-state index contributed by atoms with van der Waals surface area (Å²) in [5.74, 6) is 1.48. The lowest BCUT2D eigenvalue weighted by atomic mass is 9.87. The summed E-state index contributed by atoms with van der Waals surface area (Å²) < 4.78 is 25.2. The van der Waals surface area contributed by atoms with Gasteiger partial charge in [-0.2, -0.15) is 0 Å². The highest BCUT2D eigenvalue weighted by Crippen LogP contribution is 2.33. The molecule has 0 radical (unpaired) electrons. The van der Waals surface area contributed by atoms with Gasteiger partial charge in [0.1, 0.15) is 0 Å². The van der Waals surface area contributed by atoms with Crippen LogP contribution in [0, 0.1) is 17.8 Å². The van der Waals surface area contributed by atoms with Gasteiger partial charge in [0.05, 0.1) is 10.6 Å². The first-order valence-corrected chi connectivity index (χ1v) is 9.48. The highest BCUT2D eigenvalue weighted by Gasteiger charge is 2.38. The molecule has 1 aromatic carbocycles. The number of nitrogens with zero attached hydrogens (tertiary/aromatic N) is 1. The standard InChI is InChI=1S/C17H27NO2S/c1-13(2)17-11-18(14(3)4)10-15(17)12-21(19,20)16-8-6-5-7-9-16/h5-9,13-15,17H,10-12H2,1-4H3. The molecule has 0 N–H and O–H groups in total. The summed E-state index contributed by atoms with van der Waals surface area (Å²) in [5, 5.41) is 0. The predicted octanol–water partition coefficient (Wildman–Crippen LogP) is 3.07. The minimum Gasteiger partial charge on any atom is -0.300 e. The summed E-state index contributed by atoms with van der Waals surface area (Å²) in [6, 6.07) is 9.33. The summed E-state index contributed by atoms with van der Waals surface area (Å²) in [6.07, 6.45) is 0. The maximum absolute atomic E-state index is 12.6. The molecule has 0 spiro atoms. The molecule has 0 amide bonds. The highest BCUT2D eigenvalue weighted by atomic mass is 32.2. The monoisotopic (exact) mass is 309 g/mol. The van der Waals surface area contributed by atoms with Crippen molar-refractivity contribution in [3.05, 3.63) is 30.3 Å². The van der Waals surface area contributed by atoms with Crippen LogP contribution in [-0.2, 0) is 9.84 Å². The fraction of sp³-hybridized carbons (Fsp3) is 0.647. The highest BCUT2D eigenvalue weighted by molar-refractivity contribution is 7.91. The van der Waals surface area contributed by atoms with E-state index in [0.29, 0.717) is 22.8 Å². The smallest absolute Gasteiger partial charge is 0.178 e. The number of hydrogen-bond donors (Lipinski definition) is 0. The zero-order valence-corrected chi connectivity index (χ0v) is 14.3. The van der Waals surface area contributed by atoms with E-state index in [0.717, 1.165) is 13.1 Å². The van der Waals surface area contributed by atoms with Gasteiger partial charge in [0, 0.05) is 19.1 Å². The van der Waals surface area contributed by atoms with Crippen LogP contribution in [0.4, 0.5) is 0 Å². The maximum Gasteiger partial charge on any atom is 0.178 e. The molecule has 0 aromatic heterocycles. The van der Waals surface area contributed by atoms with Crippen molar-refractivity contribution in [1.29, 1.82) is 0 Å². The fourth-order valence-corrected chi connectivity index (χ4v) is 4.97. The molecule has 2 rings (SSSR count). The van der Waals surface area contributed by atoms with Gasteiger partial charge in [-0.25, -0.2) is 8.42 Å². The summed E-state index contributed by atoms with van der Waals surface area (Å²) in [7, 11) is -3.19. The van der Waals surface area contributed by atoms with Gasteiger partial charge >= 0.3 is 0 Å². The van der Waals surface area contributed by atoms with Crippen molar-refractivity contribution in [2.75, 3.05) is 18.8 Å². The van der Waals surface area contributed by atoms with Crippen LogP contribution in [0.1, 0.15) is 27.7 Å². The predicted molar refractivity (Wildman–Crippen MR) is 87.0 cm³/mol. The SMILES string of the molecule is CC(C)C1CN(C(C)C)CC1CS(=O)(=O)c1ccccc1. The normalized spacial score (nSPS) is 24.1. The molecule has 1 heterocycles. The number of rotatable bonds is 5. The van der Waals surface area contributed by atoms with Crippen molar-refractivity contribution < 1.29 is 8.42 Å². The number of hydrogen-bond acceptors (Lipinski definition) is 3. The molecule has 3 nitrogen and oxygen atoms in total. The largest absolute Gasteiger partial charge is 0.300 e. The number of benzene rings is 1. The molecule has 0 bridgehead atoms. The van der Waals surface area contributed by atoms with Crippen LogP contribution in [-0.4, -0.2) is 38.2 Å². The van der Waals surface area contributed by atoms with Gasteiger partial charge in [0.25, 0.3) is 0 Å². The topological polar surface area (TPSA) is 37.4 Å². The van der Waals surface area contributed by atoms with E-state index < -0.39 is 9.84 Å². The molecule has 1 fully saturated rings. The molecule has 118 valence electrons. The van der Waals surface area contributed by atoms with Crippen molar-refractivity contribution in [3.8, 4) is 0 Å². The van der Waals surface area contributed by atoms with E-state index in [-0.39, 0.29) is 11.7 Å². The quantitative estimate of drug-likeness (QED) is 0.839. The van der Waals surface area contributed by atoms with Crippen molar-refractivity contribution in [3.63, 3.8) is 0 Å². The zero-order valence-electron chi connectivity index (χ0n) is 13.5. The average molecular weight is 309 g/mol. The van der Waals surface area contributed by atoms with E-state index in [1.54, 1.807) is 24.3 Å². The van der Waals surface area contributed by atoms with Gasteiger partial charge in [-0.1, -0.05) is 32.0 Å². The summed E-state index contributed by atoms with van der Waals surface area (Å²) in [5.41, 5.74) is 0. The molecule has 1 aromatic rings. The van der Waals surface area contributed by atoms with E-state index in [4.69, 9.17) is 0 Å². The lowest BCUT2D eigenvalue weighted by Crippen LogP contribution is -2.29. The summed E-state index contributed by atoms with van der Waals surface area (Å²) >= 11 is 0. The van der Waals surface area contributed by atoms with Crippen LogP contribution in [0.25, 0.3) is 0 Å². The van der Waals surface area contributed by atoms with Crippen LogP contribution < -0.4 is 0 Å². The van der Waals surface area contributed by atoms with Gasteiger partial charge in [-0.15, -0.1) is 0 Å². The Hall–Kier alpha value is -0.870. The Morgan fingerprint density at radius 3 is 2.24 bits per heavy atom. The Morgan fingerprint density at radius 2 is 1.71 bits per heavy atom. The van der Waals surface area contributed by atoms with Crippen LogP contribution in [0.3, 0.4) is 0 Å². The molecule has 1 aliphatic rings. The van der Waals surface area contributed by atoms with E-state index in [2.05, 4.69) is 32.6 Å². The third-order valence-corrected chi connectivity index (χ3v) is 6.50. The zero-order chi connectivity index (χ0) is 15.6. The second-order valence-corrected chi connectivity index (χ2v) is 8.84. The molecule has 21 heavy (non-hydrogen) atoms. The van der Waals surface area contributed by atoms with Crippen LogP contribution >= 0.6 is 0 Å². The lowest BCUT2D eigenvalue weighted by Gasteiger charge is -2.22. The van der Waals surface area contributed by atoms with Crippen LogP contribution in [0.5, 0.6) is 0 Å². The van der Waals surface area contributed by atoms with Gasteiger partial charge in [-0.3, -0.25) is 0 Å². The Balaban J connectivity index is 2.17. The molecular formula is C17H27NO2S. The van der Waals surface area contributed by atoms with Crippen molar-refractivity contribution in [2.24, 2.45) is 17.8 Å². The fourth-order valence-electron chi connectivity index (χ4n) is 3.29. The van der Waals surface area contributed by atoms with Crippen molar-refractivity contribution in [2.45, 2.75) is 38.6 Å². The number of likely N-dealkylation sites (tertiary alicyclic amines) is 1. The molecular weight excluding hydrogens is 282 g/mol. The Labute approximate surface area is 129 Å². The third kappa shape index (κ3) is 3.86. The molecule has 2 atom stereocenters. The Bertz CT molecular complexity index is 551. The number of sulfone groups is 1. The molecule has 0 aliphatic carbocycles. The Morgan fingerprint density at radius 1 is 1.10 bits per heavy atom.